The summed E-state index contributed by atoms with van der Waals surface area (Å²) in [6.07, 6.45) is 1.50. The van der Waals surface area contributed by atoms with Crippen LogP contribution in [-0.4, -0.2) is 43.9 Å². The van der Waals surface area contributed by atoms with Crippen molar-refractivity contribution in [2.45, 2.75) is 0 Å². The minimum absolute atomic E-state index is 0.122. The van der Waals surface area contributed by atoms with Gasteiger partial charge >= 0.3 is 10.2 Å². The number of hydrogen-bond acceptors (Lipinski definition) is 4. The van der Waals surface area contributed by atoms with Crippen LogP contribution in [-0.2, 0) is 10.2 Å². The Hall–Kier alpha value is -0.410. The molecule has 0 aliphatic carbocycles. The molecule has 0 radical (unpaired) electrons. The van der Waals surface area contributed by atoms with E-state index in [-0.39, 0.29) is 10.8 Å². The Morgan fingerprint density at radius 3 is 2.78 bits per heavy atom. The molecule has 6 nitrogen and oxygen atoms in total. The molecule has 18 heavy (non-hydrogen) atoms. The van der Waals surface area contributed by atoms with Crippen LogP contribution in [0.5, 0.6) is 0 Å². The molecule has 0 spiro atoms. The van der Waals surface area contributed by atoms with Gasteiger partial charge in [-0.05, 0) is 22.0 Å². The summed E-state index contributed by atoms with van der Waals surface area (Å²) in [6, 6.07) is 1.58. The van der Waals surface area contributed by atoms with Crippen LogP contribution < -0.4 is 10.0 Å². The Labute approximate surface area is 119 Å². The second-order valence-electron chi connectivity index (χ2n) is 3.75. The smallest absolute Gasteiger partial charge is 0.301 e. The number of piperazine rings is 1. The van der Waals surface area contributed by atoms with E-state index in [0.717, 1.165) is 0 Å². The number of aromatic nitrogens is 1. The Morgan fingerprint density at radius 1 is 1.44 bits per heavy atom. The van der Waals surface area contributed by atoms with Gasteiger partial charge in [0.25, 0.3) is 0 Å². The van der Waals surface area contributed by atoms with E-state index in [0.29, 0.717) is 30.7 Å². The number of rotatable bonds is 3. The predicted molar refractivity (Wildman–Crippen MR) is 73.9 cm³/mol. The molecule has 0 atom stereocenters. The van der Waals surface area contributed by atoms with Crippen molar-refractivity contribution in [1.82, 2.24) is 14.6 Å². The molecule has 1 aromatic rings. The zero-order valence-electron chi connectivity index (χ0n) is 9.36. The highest BCUT2D eigenvalue weighted by Crippen LogP contribution is 2.24. The van der Waals surface area contributed by atoms with Crippen LogP contribution in [0.4, 0.5) is 5.69 Å². The van der Waals surface area contributed by atoms with E-state index in [1.54, 1.807) is 6.07 Å². The molecular formula is C9H12BrClN4O2S. The molecule has 2 rings (SSSR count). The molecule has 2 N–H and O–H groups in total. The Morgan fingerprint density at radius 2 is 2.11 bits per heavy atom. The second-order valence-corrected chi connectivity index (χ2v) is 6.69. The van der Waals surface area contributed by atoms with E-state index in [1.165, 1.54) is 10.5 Å². The first-order valence-electron chi connectivity index (χ1n) is 5.29. The molecule has 2 heterocycles. The molecule has 1 aliphatic heterocycles. The number of hydrogen-bond donors (Lipinski definition) is 2. The fraction of sp³-hybridized carbons (Fsp3) is 0.444. The summed E-state index contributed by atoms with van der Waals surface area (Å²) >= 11 is 9.07. The quantitative estimate of drug-likeness (QED) is 0.795. The van der Waals surface area contributed by atoms with Crippen molar-refractivity contribution >= 4 is 43.4 Å². The maximum atomic E-state index is 12.1. The van der Waals surface area contributed by atoms with Crippen LogP contribution in [0.2, 0.25) is 5.15 Å². The van der Waals surface area contributed by atoms with Crippen LogP contribution >= 0.6 is 27.5 Å². The van der Waals surface area contributed by atoms with Crippen LogP contribution in [0, 0.1) is 0 Å². The first kappa shape index (κ1) is 14.0. The third kappa shape index (κ3) is 3.33. The Kier molecular flexibility index (Phi) is 4.44. The first-order valence-corrected chi connectivity index (χ1v) is 7.90. The average Bonchev–Trinajstić information content (AvgIpc) is 2.35. The van der Waals surface area contributed by atoms with E-state index in [2.05, 4.69) is 31.0 Å². The van der Waals surface area contributed by atoms with Gasteiger partial charge in [-0.3, -0.25) is 4.72 Å². The molecule has 9 heteroatoms. The number of halogens is 2. The van der Waals surface area contributed by atoms with Crippen molar-refractivity contribution in [2.75, 3.05) is 30.9 Å². The van der Waals surface area contributed by atoms with Gasteiger partial charge in [0.15, 0.2) is 5.15 Å². The fourth-order valence-electron chi connectivity index (χ4n) is 1.58. The van der Waals surface area contributed by atoms with Crippen LogP contribution in [0.15, 0.2) is 16.7 Å². The van der Waals surface area contributed by atoms with Gasteiger partial charge in [-0.2, -0.15) is 12.7 Å². The molecule has 1 aliphatic rings. The van der Waals surface area contributed by atoms with Crippen molar-refractivity contribution < 1.29 is 8.42 Å². The van der Waals surface area contributed by atoms with E-state index in [9.17, 15) is 8.42 Å². The third-order valence-corrected chi connectivity index (χ3v) is 4.72. The van der Waals surface area contributed by atoms with Gasteiger partial charge in [-0.1, -0.05) is 11.6 Å². The first-order chi connectivity index (χ1) is 8.49. The highest BCUT2D eigenvalue weighted by molar-refractivity contribution is 9.10. The lowest BCUT2D eigenvalue weighted by atomic mass is 10.4. The maximum Gasteiger partial charge on any atom is 0.301 e. The molecule has 0 saturated carbocycles. The maximum absolute atomic E-state index is 12.1. The SMILES string of the molecule is O=S(=O)(Nc1cc(Br)cnc1Cl)N1CCNCC1. The number of nitrogens with zero attached hydrogens (tertiary/aromatic N) is 2. The molecular weight excluding hydrogens is 344 g/mol. The van der Waals surface area contributed by atoms with E-state index in [1.807, 2.05) is 0 Å². The fourth-order valence-corrected chi connectivity index (χ4v) is 3.35. The molecule has 0 amide bonds. The van der Waals surface area contributed by atoms with Crippen molar-refractivity contribution in [3.05, 3.63) is 21.9 Å². The predicted octanol–water partition coefficient (Wildman–Crippen LogP) is 1.06. The summed E-state index contributed by atoms with van der Waals surface area (Å²) in [4.78, 5) is 3.87. The van der Waals surface area contributed by atoms with Gasteiger partial charge in [0, 0.05) is 36.8 Å². The summed E-state index contributed by atoms with van der Waals surface area (Å²) in [5.41, 5.74) is 0.268. The lowest BCUT2D eigenvalue weighted by molar-refractivity contribution is 0.362. The zero-order chi connectivity index (χ0) is 13.2. The van der Waals surface area contributed by atoms with Gasteiger partial charge in [-0.15, -0.1) is 0 Å². The summed E-state index contributed by atoms with van der Waals surface area (Å²) in [5, 5.41) is 3.21. The Balaban J connectivity index is 2.18. The molecule has 1 fully saturated rings. The third-order valence-electron chi connectivity index (χ3n) is 2.46. The van der Waals surface area contributed by atoms with E-state index in [4.69, 9.17) is 11.6 Å². The van der Waals surface area contributed by atoms with Gasteiger partial charge in [0.05, 0.1) is 5.69 Å². The summed E-state index contributed by atoms with van der Waals surface area (Å²) in [5.74, 6) is 0. The molecule has 1 saturated heterocycles. The Bertz CT molecular complexity index is 533. The summed E-state index contributed by atoms with van der Waals surface area (Å²) < 4.78 is 28.7. The largest absolute Gasteiger partial charge is 0.314 e. The van der Waals surface area contributed by atoms with Gasteiger partial charge in [0.1, 0.15) is 0 Å². The van der Waals surface area contributed by atoms with E-state index < -0.39 is 10.2 Å². The summed E-state index contributed by atoms with van der Waals surface area (Å²) in [7, 11) is -3.58. The van der Waals surface area contributed by atoms with Gasteiger partial charge < -0.3 is 5.32 Å². The lowest BCUT2D eigenvalue weighted by Gasteiger charge is -2.26. The monoisotopic (exact) mass is 354 g/mol. The van der Waals surface area contributed by atoms with Crippen molar-refractivity contribution in [3.63, 3.8) is 0 Å². The topological polar surface area (TPSA) is 74.3 Å². The number of pyridine rings is 1. The number of anilines is 1. The standard InChI is InChI=1S/C9H12BrClN4O2S/c10-7-5-8(9(11)13-6-7)14-18(16,17)15-3-1-12-2-4-15/h5-6,12,14H,1-4H2. The van der Waals surface area contributed by atoms with E-state index >= 15 is 0 Å². The molecule has 0 unspecified atom stereocenters. The summed E-state index contributed by atoms with van der Waals surface area (Å²) in [6.45, 7) is 2.17. The molecule has 1 aromatic heterocycles. The van der Waals surface area contributed by atoms with Crippen molar-refractivity contribution in [2.24, 2.45) is 0 Å². The zero-order valence-corrected chi connectivity index (χ0v) is 12.5. The van der Waals surface area contributed by atoms with Crippen molar-refractivity contribution in [1.29, 1.82) is 0 Å². The van der Waals surface area contributed by atoms with Crippen LogP contribution in [0.3, 0.4) is 0 Å². The minimum Gasteiger partial charge on any atom is -0.314 e. The lowest BCUT2D eigenvalue weighted by Crippen LogP contribution is -2.48. The molecule has 0 aromatic carbocycles. The highest BCUT2D eigenvalue weighted by Gasteiger charge is 2.24. The van der Waals surface area contributed by atoms with Crippen LogP contribution in [0.1, 0.15) is 0 Å². The normalized spacial score (nSPS) is 17.7. The van der Waals surface area contributed by atoms with Crippen molar-refractivity contribution in [3.8, 4) is 0 Å². The number of nitrogens with one attached hydrogen (secondary N) is 2. The average molecular weight is 356 g/mol. The molecule has 100 valence electrons. The minimum atomic E-state index is -3.58. The van der Waals surface area contributed by atoms with Gasteiger partial charge in [-0.25, -0.2) is 4.98 Å². The second kappa shape index (κ2) is 5.70. The highest BCUT2D eigenvalue weighted by atomic mass is 79.9. The van der Waals surface area contributed by atoms with Gasteiger partial charge in [0.2, 0.25) is 0 Å². The molecule has 0 bridgehead atoms. The van der Waals surface area contributed by atoms with Crippen LogP contribution in [0.25, 0.3) is 0 Å².